The average Bonchev–Trinajstić information content (AvgIpc) is 3.13. The van der Waals surface area contributed by atoms with E-state index in [-0.39, 0.29) is 16.7 Å². The Balaban J connectivity index is 2.01. The topological polar surface area (TPSA) is 76.2 Å². The molecule has 0 spiro atoms. The van der Waals surface area contributed by atoms with Crippen LogP contribution in [0, 0.1) is 0 Å². The van der Waals surface area contributed by atoms with Crippen LogP contribution in [0.3, 0.4) is 0 Å². The van der Waals surface area contributed by atoms with E-state index < -0.39 is 5.92 Å². The highest BCUT2D eigenvalue weighted by atomic mass is 32.1. The maximum atomic E-state index is 12.1. The smallest absolute Gasteiger partial charge is 0.225 e. The first kappa shape index (κ1) is 23.0. The van der Waals surface area contributed by atoms with Gasteiger partial charge in [0.1, 0.15) is 5.75 Å². The van der Waals surface area contributed by atoms with Crippen molar-refractivity contribution in [1.29, 1.82) is 0 Å². The van der Waals surface area contributed by atoms with Crippen LogP contribution < -0.4 is 5.73 Å². The molecule has 1 amide bonds. The molecule has 31 heavy (non-hydrogen) atoms. The van der Waals surface area contributed by atoms with Crippen LogP contribution in [0.5, 0.6) is 5.75 Å². The molecule has 2 aromatic carbocycles. The molecule has 5 heteroatoms. The molecule has 3 N–H and O–H groups in total. The van der Waals surface area contributed by atoms with Gasteiger partial charge in [0, 0.05) is 28.5 Å². The fourth-order valence-electron chi connectivity index (χ4n) is 3.71. The molecule has 4 nitrogen and oxygen atoms in total. The van der Waals surface area contributed by atoms with Crippen molar-refractivity contribution in [3.05, 3.63) is 69.5 Å². The number of phenols is 1. The first-order valence-electron chi connectivity index (χ1n) is 10.5. The number of nitrogens with two attached hydrogens (primary N) is 1. The van der Waals surface area contributed by atoms with Crippen molar-refractivity contribution >= 4 is 17.2 Å². The van der Waals surface area contributed by atoms with E-state index in [1.807, 2.05) is 47.8 Å². The third kappa shape index (κ3) is 5.16. The number of carbonyl (C=O) groups is 1. The van der Waals surface area contributed by atoms with Gasteiger partial charge in [0.25, 0.3) is 0 Å². The highest BCUT2D eigenvalue weighted by Gasteiger charge is 2.27. The summed E-state index contributed by atoms with van der Waals surface area (Å²) in [5.74, 6) is -0.398. The van der Waals surface area contributed by atoms with Gasteiger partial charge in [-0.15, -0.1) is 11.3 Å². The lowest BCUT2D eigenvalue weighted by molar-refractivity contribution is -0.119. The summed E-state index contributed by atoms with van der Waals surface area (Å²) >= 11 is 1.53. The lowest BCUT2D eigenvalue weighted by atomic mass is 9.78. The number of carbonyl (C=O) groups excluding carboxylic acids is 1. The molecule has 1 heterocycles. The van der Waals surface area contributed by atoms with E-state index in [0.717, 1.165) is 33.0 Å². The van der Waals surface area contributed by atoms with Gasteiger partial charge in [0.2, 0.25) is 5.91 Å². The second kappa shape index (κ2) is 8.46. The number of benzene rings is 2. The van der Waals surface area contributed by atoms with Crippen molar-refractivity contribution in [2.45, 2.75) is 64.7 Å². The maximum absolute atomic E-state index is 12.1. The van der Waals surface area contributed by atoms with E-state index >= 15 is 0 Å². The molecule has 0 fully saturated rings. The minimum Gasteiger partial charge on any atom is -0.507 e. The van der Waals surface area contributed by atoms with Crippen LogP contribution in [-0.4, -0.2) is 16.0 Å². The summed E-state index contributed by atoms with van der Waals surface area (Å²) in [5, 5.41) is 13.9. The molecule has 1 aromatic heterocycles. The third-order valence-corrected chi connectivity index (χ3v) is 6.37. The molecular formula is C26H32N2O2S. The maximum Gasteiger partial charge on any atom is 0.225 e. The molecule has 0 aliphatic rings. The van der Waals surface area contributed by atoms with E-state index in [0.29, 0.717) is 12.2 Å². The van der Waals surface area contributed by atoms with Gasteiger partial charge in [0.05, 0.1) is 16.6 Å². The van der Waals surface area contributed by atoms with Crippen LogP contribution in [0.25, 0.3) is 11.3 Å². The van der Waals surface area contributed by atoms with Crippen molar-refractivity contribution in [1.82, 2.24) is 4.98 Å². The fourth-order valence-corrected chi connectivity index (χ4v) is 4.56. The number of aromatic hydroxyl groups is 1. The van der Waals surface area contributed by atoms with Crippen molar-refractivity contribution in [2.24, 2.45) is 5.73 Å². The Labute approximate surface area is 189 Å². The predicted molar refractivity (Wildman–Crippen MR) is 129 cm³/mol. The van der Waals surface area contributed by atoms with Gasteiger partial charge in [-0.25, -0.2) is 4.98 Å². The number of nitrogens with zero attached hydrogens (tertiary/aromatic N) is 1. The van der Waals surface area contributed by atoms with Crippen molar-refractivity contribution in [2.75, 3.05) is 0 Å². The summed E-state index contributed by atoms with van der Waals surface area (Å²) in [6.07, 6.45) is 0.473. The van der Waals surface area contributed by atoms with Gasteiger partial charge in [-0.1, -0.05) is 71.9 Å². The zero-order valence-electron chi connectivity index (χ0n) is 19.2. The Hall–Kier alpha value is -2.66. The zero-order chi connectivity index (χ0) is 23.0. The summed E-state index contributed by atoms with van der Waals surface area (Å²) < 4.78 is 0. The number of rotatable bonds is 5. The molecule has 1 unspecified atom stereocenters. The number of primary amides is 1. The number of phenolic OH excluding ortho intramolecular Hbond substituents is 1. The van der Waals surface area contributed by atoms with Crippen molar-refractivity contribution in [3.8, 4) is 17.0 Å². The summed E-state index contributed by atoms with van der Waals surface area (Å²) in [5.41, 5.74) is 9.83. The van der Waals surface area contributed by atoms with E-state index in [1.54, 1.807) is 0 Å². The van der Waals surface area contributed by atoms with Crippen LogP contribution in [0.2, 0.25) is 0 Å². The van der Waals surface area contributed by atoms with Gasteiger partial charge in [-0.2, -0.15) is 0 Å². The Bertz CT molecular complexity index is 1040. The van der Waals surface area contributed by atoms with Crippen LogP contribution in [0.1, 0.15) is 69.2 Å². The quantitative estimate of drug-likeness (QED) is 0.521. The zero-order valence-corrected chi connectivity index (χ0v) is 20.0. The predicted octanol–water partition coefficient (Wildman–Crippen LogP) is 5.92. The second-order valence-corrected chi connectivity index (χ2v) is 11.1. The summed E-state index contributed by atoms with van der Waals surface area (Å²) in [6, 6.07) is 13.7. The second-order valence-electron chi connectivity index (χ2n) is 10.1. The summed E-state index contributed by atoms with van der Waals surface area (Å²) in [7, 11) is 0. The number of thiazole rings is 1. The molecule has 0 saturated carbocycles. The van der Waals surface area contributed by atoms with Gasteiger partial charge in [-0.3, -0.25) is 4.79 Å². The monoisotopic (exact) mass is 436 g/mol. The molecule has 0 radical (unpaired) electrons. The molecule has 0 aliphatic carbocycles. The molecule has 1 atom stereocenters. The number of hydrogen-bond acceptors (Lipinski definition) is 4. The molecular weight excluding hydrogens is 404 g/mol. The molecule has 164 valence electrons. The van der Waals surface area contributed by atoms with Gasteiger partial charge in [0.15, 0.2) is 0 Å². The lowest BCUT2D eigenvalue weighted by Crippen LogP contribution is -2.23. The molecule has 0 saturated heterocycles. The van der Waals surface area contributed by atoms with Crippen LogP contribution >= 0.6 is 11.3 Å². The van der Waals surface area contributed by atoms with Crippen LogP contribution in [0.4, 0.5) is 0 Å². The molecule has 0 bridgehead atoms. The normalized spacial score (nSPS) is 13.2. The number of aromatic nitrogens is 1. The largest absolute Gasteiger partial charge is 0.507 e. The highest BCUT2D eigenvalue weighted by Crippen LogP contribution is 2.42. The first-order valence-corrected chi connectivity index (χ1v) is 11.4. The Morgan fingerprint density at radius 3 is 2.06 bits per heavy atom. The van der Waals surface area contributed by atoms with E-state index in [9.17, 15) is 9.90 Å². The standard InChI is InChI=1S/C26H32N2O2S/c1-25(2,3)19-12-17(13-20(23(19)29)26(4,5)6)21-15-31-22(28-21)14-18(24(27)30)16-10-8-7-9-11-16/h7-13,15,18,29H,14H2,1-6H3,(H2,27,30). The number of hydrogen-bond donors (Lipinski definition) is 2. The van der Waals surface area contributed by atoms with Gasteiger partial charge < -0.3 is 10.8 Å². The third-order valence-electron chi connectivity index (χ3n) is 5.50. The fraction of sp³-hybridized carbons (Fsp3) is 0.385. The average molecular weight is 437 g/mol. The Morgan fingerprint density at radius 1 is 1.03 bits per heavy atom. The molecule has 3 aromatic rings. The van der Waals surface area contributed by atoms with E-state index in [1.165, 1.54) is 11.3 Å². The highest BCUT2D eigenvalue weighted by molar-refractivity contribution is 7.10. The molecule has 0 aliphatic heterocycles. The number of amides is 1. The van der Waals surface area contributed by atoms with Crippen molar-refractivity contribution in [3.63, 3.8) is 0 Å². The van der Waals surface area contributed by atoms with E-state index in [4.69, 9.17) is 10.7 Å². The van der Waals surface area contributed by atoms with E-state index in [2.05, 4.69) is 41.5 Å². The Morgan fingerprint density at radius 2 is 1.58 bits per heavy atom. The summed E-state index contributed by atoms with van der Waals surface area (Å²) in [6.45, 7) is 12.6. The summed E-state index contributed by atoms with van der Waals surface area (Å²) in [4.78, 5) is 16.9. The first-order chi connectivity index (χ1) is 14.4. The van der Waals surface area contributed by atoms with Crippen molar-refractivity contribution < 1.29 is 9.90 Å². The lowest BCUT2D eigenvalue weighted by Gasteiger charge is -2.28. The van der Waals surface area contributed by atoms with Gasteiger partial charge in [-0.05, 0) is 28.5 Å². The SMILES string of the molecule is CC(C)(C)c1cc(-c2csc(CC(C(N)=O)c3ccccc3)n2)cc(C(C)(C)C)c1O. The van der Waals surface area contributed by atoms with Crippen LogP contribution in [-0.2, 0) is 22.0 Å². The minimum absolute atomic E-state index is 0.205. The van der Waals surface area contributed by atoms with Gasteiger partial charge >= 0.3 is 0 Å². The minimum atomic E-state index is -0.407. The molecule has 3 rings (SSSR count). The van der Waals surface area contributed by atoms with Crippen LogP contribution in [0.15, 0.2) is 47.8 Å². The Kier molecular flexibility index (Phi) is 6.28.